The molecule has 0 saturated carbocycles. The molecule has 0 aromatic carbocycles. The molecule has 1 aliphatic carbocycles. The monoisotopic (exact) mass is 384 g/mol. The number of carbonyl (C=O) groups excluding carboxylic acids is 1. The average molecular weight is 385 g/mol. The first-order valence-electron chi connectivity index (χ1n) is 8.54. The van der Waals surface area contributed by atoms with Crippen LogP contribution in [-0.2, 0) is 22.3 Å². The quantitative estimate of drug-likeness (QED) is 0.459. The highest BCUT2D eigenvalue weighted by Crippen LogP contribution is 2.44. The highest BCUT2D eigenvalue weighted by molar-refractivity contribution is 7.80. The Labute approximate surface area is 159 Å². The standard InChI is InChI=1S/C18H28N2O3S2/c1-18(2,3)11-6-7-12-13(10-11)25-15(16(21)23-5)14(12)20-17(24)19-8-9-22-4/h11H,6-10H2,1-5H3,(H2,19,20,24). The van der Waals surface area contributed by atoms with Crippen LogP contribution in [0.5, 0.6) is 0 Å². The number of hydrogen-bond donors (Lipinski definition) is 2. The van der Waals surface area contributed by atoms with Crippen LogP contribution < -0.4 is 10.6 Å². The summed E-state index contributed by atoms with van der Waals surface area (Å²) in [6.45, 7) is 8.04. The molecule has 0 amide bonds. The van der Waals surface area contributed by atoms with Gasteiger partial charge in [0.1, 0.15) is 4.88 Å². The predicted octanol–water partition coefficient (Wildman–Crippen LogP) is 3.62. The van der Waals surface area contributed by atoms with Gasteiger partial charge in [0.2, 0.25) is 0 Å². The van der Waals surface area contributed by atoms with E-state index in [1.807, 2.05) is 0 Å². The molecule has 140 valence electrons. The fraction of sp³-hybridized carbons (Fsp3) is 0.667. The minimum absolute atomic E-state index is 0.262. The van der Waals surface area contributed by atoms with Gasteiger partial charge in [-0.2, -0.15) is 0 Å². The van der Waals surface area contributed by atoms with Crippen molar-refractivity contribution in [1.82, 2.24) is 5.32 Å². The van der Waals surface area contributed by atoms with Crippen molar-refractivity contribution >= 4 is 40.3 Å². The lowest BCUT2D eigenvalue weighted by Gasteiger charge is -2.34. The number of hydrogen-bond acceptors (Lipinski definition) is 5. The second kappa shape index (κ2) is 8.47. The lowest BCUT2D eigenvalue weighted by atomic mass is 9.72. The molecule has 0 spiro atoms. The normalized spacial score (nSPS) is 16.9. The number of thiocarbonyl (C=S) groups is 1. The summed E-state index contributed by atoms with van der Waals surface area (Å²) in [4.78, 5) is 14.1. The van der Waals surface area contributed by atoms with E-state index in [0.29, 0.717) is 29.1 Å². The molecule has 1 atom stereocenters. The van der Waals surface area contributed by atoms with Crippen LogP contribution in [0, 0.1) is 11.3 Å². The molecule has 0 saturated heterocycles. The molecule has 0 radical (unpaired) electrons. The van der Waals surface area contributed by atoms with Crippen molar-refractivity contribution in [2.75, 3.05) is 32.7 Å². The topological polar surface area (TPSA) is 59.6 Å². The van der Waals surface area contributed by atoms with Crippen LogP contribution in [0.2, 0.25) is 0 Å². The average Bonchev–Trinajstić information content (AvgIpc) is 2.91. The van der Waals surface area contributed by atoms with Crippen molar-refractivity contribution in [2.45, 2.75) is 40.0 Å². The maximum Gasteiger partial charge on any atom is 0.350 e. The van der Waals surface area contributed by atoms with Crippen molar-refractivity contribution in [3.8, 4) is 0 Å². The first-order valence-corrected chi connectivity index (χ1v) is 9.77. The Kier molecular flexibility index (Phi) is 6.82. The van der Waals surface area contributed by atoms with Gasteiger partial charge in [-0.3, -0.25) is 0 Å². The summed E-state index contributed by atoms with van der Waals surface area (Å²) in [5.41, 5.74) is 2.29. The molecule has 2 N–H and O–H groups in total. The van der Waals surface area contributed by atoms with Gasteiger partial charge in [0.05, 0.1) is 19.4 Å². The number of thiophene rings is 1. The van der Waals surface area contributed by atoms with E-state index in [2.05, 4.69) is 31.4 Å². The molecule has 0 bridgehead atoms. The lowest BCUT2D eigenvalue weighted by molar-refractivity contribution is 0.0607. The number of anilines is 1. The van der Waals surface area contributed by atoms with Gasteiger partial charge in [0, 0.05) is 18.5 Å². The van der Waals surface area contributed by atoms with Gasteiger partial charge in [-0.05, 0) is 48.4 Å². The number of methoxy groups -OCH3 is 2. The number of carbonyl (C=O) groups is 1. The Morgan fingerprint density at radius 2 is 2.08 bits per heavy atom. The first-order chi connectivity index (χ1) is 11.8. The Hall–Kier alpha value is -1.18. The van der Waals surface area contributed by atoms with Crippen LogP contribution >= 0.6 is 23.6 Å². The third-order valence-corrected chi connectivity index (χ3v) is 6.17. The summed E-state index contributed by atoms with van der Waals surface area (Å²) in [6.07, 6.45) is 3.07. The minimum Gasteiger partial charge on any atom is -0.465 e. The van der Waals surface area contributed by atoms with Crippen LogP contribution in [0.1, 0.15) is 47.3 Å². The van der Waals surface area contributed by atoms with E-state index < -0.39 is 0 Å². The lowest BCUT2D eigenvalue weighted by Crippen LogP contribution is -2.32. The maximum atomic E-state index is 12.2. The molecule has 1 heterocycles. The zero-order valence-corrected chi connectivity index (χ0v) is 17.3. The second-order valence-electron chi connectivity index (χ2n) is 7.38. The van der Waals surface area contributed by atoms with E-state index in [9.17, 15) is 4.79 Å². The molecule has 1 unspecified atom stereocenters. The van der Waals surface area contributed by atoms with E-state index in [1.165, 1.54) is 28.9 Å². The molecular formula is C18H28N2O3S2. The summed E-state index contributed by atoms with van der Waals surface area (Å²) < 4.78 is 10.00. The Balaban J connectivity index is 2.25. The molecule has 2 rings (SSSR count). The first kappa shape index (κ1) is 20.1. The van der Waals surface area contributed by atoms with Gasteiger partial charge in [-0.1, -0.05) is 20.8 Å². The summed E-state index contributed by atoms with van der Waals surface area (Å²) in [6, 6.07) is 0. The zero-order chi connectivity index (χ0) is 18.6. The van der Waals surface area contributed by atoms with Gasteiger partial charge in [0.25, 0.3) is 0 Å². The number of rotatable bonds is 5. The van der Waals surface area contributed by atoms with E-state index in [1.54, 1.807) is 7.11 Å². The van der Waals surface area contributed by atoms with Crippen molar-refractivity contribution < 1.29 is 14.3 Å². The number of ether oxygens (including phenoxy) is 2. The van der Waals surface area contributed by atoms with Crippen molar-refractivity contribution in [3.63, 3.8) is 0 Å². The molecule has 1 aromatic rings. The summed E-state index contributed by atoms with van der Waals surface area (Å²) in [5.74, 6) is 0.303. The van der Waals surface area contributed by atoms with Gasteiger partial charge in [0.15, 0.2) is 5.11 Å². The van der Waals surface area contributed by atoms with Gasteiger partial charge in [-0.25, -0.2) is 4.79 Å². The van der Waals surface area contributed by atoms with Crippen LogP contribution in [-0.4, -0.2) is 38.5 Å². The molecule has 0 aliphatic heterocycles. The van der Waals surface area contributed by atoms with E-state index in [0.717, 1.165) is 24.9 Å². The fourth-order valence-corrected chi connectivity index (χ4v) is 4.62. The second-order valence-corrected chi connectivity index (χ2v) is 8.89. The summed E-state index contributed by atoms with van der Waals surface area (Å²) >= 11 is 6.90. The van der Waals surface area contributed by atoms with Gasteiger partial charge in [-0.15, -0.1) is 11.3 Å². The van der Waals surface area contributed by atoms with E-state index >= 15 is 0 Å². The molecule has 25 heavy (non-hydrogen) atoms. The SMILES string of the molecule is COCCNC(=S)Nc1c(C(=O)OC)sc2c1CCC(C(C)(C)C)C2. The molecular weight excluding hydrogens is 356 g/mol. The zero-order valence-electron chi connectivity index (χ0n) is 15.7. The van der Waals surface area contributed by atoms with E-state index in [4.69, 9.17) is 21.7 Å². The maximum absolute atomic E-state index is 12.2. The predicted molar refractivity (Wildman–Crippen MR) is 107 cm³/mol. The van der Waals surface area contributed by atoms with Crippen LogP contribution in [0.3, 0.4) is 0 Å². The Morgan fingerprint density at radius 3 is 2.68 bits per heavy atom. The van der Waals surface area contributed by atoms with Crippen molar-refractivity contribution in [1.29, 1.82) is 0 Å². The smallest absolute Gasteiger partial charge is 0.350 e. The molecule has 0 fully saturated rings. The van der Waals surface area contributed by atoms with Gasteiger partial charge >= 0.3 is 5.97 Å². The van der Waals surface area contributed by atoms with Crippen LogP contribution in [0.4, 0.5) is 5.69 Å². The van der Waals surface area contributed by atoms with Gasteiger partial charge < -0.3 is 20.1 Å². The number of esters is 1. The molecule has 1 aliphatic rings. The van der Waals surface area contributed by atoms with Crippen LogP contribution in [0.25, 0.3) is 0 Å². The Bertz CT molecular complexity index is 635. The summed E-state index contributed by atoms with van der Waals surface area (Å²) in [5, 5.41) is 6.82. The molecule has 7 heteroatoms. The molecule has 5 nitrogen and oxygen atoms in total. The van der Waals surface area contributed by atoms with E-state index in [-0.39, 0.29) is 11.4 Å². The number of nitrogens with one attached hydrogen (secondary N) is 2. The highest BCUT2D eigenvalue weighted by atomic mass is 32.1. The third kappa shape index (κ3) is 4.92. The van der Waals surface area contributed by atoms with Crippen LogP contribution in [0.15, 0.2) is 0 Å². The summed E-state index contributed by atoms with van der Waals surface area (Å²) in [7, 11) is 3.06. The van der Waals surface area contributed by atoms with Crippen molar-refractivity contribution in [2.24, 2.45) is 11.3 Å². The number of fused-ring (bicyclic) bond motifs is 1. The van der Waals surface area contributed by atoms with Crippen molar-refractivity contribution in [3.05, 3.63) is 15.3 Å². The highest BCUT2D eigenvalue weighted by Gasteiger charge is 2.33. The fourth-order valence-electron chi connectivity index (χ4n) is 3.12. The Morgan fingerprint density at radius 1 is 1.36 bits per heavy atom. The molecule has 1 aromatic heterocycles. The third-order valence-electron chi connectivity index (χ3n) is 4.69. The minimum atomic E-state index is -0.311. The largest absolute Gasteiger partial charge is 0.465 e.